The van der Waals surface area contributed by atoms with Crippen LogP contribution in [0.1, 0.15) is 23.3 Å². The molecule has 32 heavy (non-hydrogen) atoms. The second kappa shape index (κ2) is 9.09. The van der Waals surface area contributed by atoms with Crippen molar-refractivity contribution in [2.45, 2.75) is 17.7 Å². The summed E-state index contributed by atoms with van der Waals surface area (Å²) in [5.74, 6) is 0.862. The number of rotatable bonds is 6. The zero-order valence-corrected chi connectivity index (χ0v) is 19.2. The number of thiazole rings is 1. The van der Waals surface area contributed by atoms with Crippen molar-refractivity contribution in [3.05, 3.63) is 59.6 Å². The Bertz CT molecular complexity index is 1270. The second-order valence-corrected chi connectivity index (χ2v) is 9.69. The Hall–Kier alpha value is -3.24. The van der Waals surface area contributed by atoms with Gasteiger partial charge in [-0.2, -0.15) is 8.42 Å². The first kappa shape index (κ1) is 22.0. The minimum atomic E-state index is -3.80. The number of nitrogens with one attached hydrogen (secondary N) is 1. The van der Waals surface area contributed by atoms with Crippen molar-refractivity contribution in [1.82, 2.24) is 9.88 Å². The molecule has 1 fully saturated rings. The minimum absolute atomic E-state index is 0.0791. The maximum atomic E-state index is 12.6. The zero-order chi connectivity index (χ0) is 22.7. The molecule has 0 saturated carbocycles. The number of amides is 1. The van der Waals surface area contributed by atoms with Gasteiger partial charge in [0.2, 0.25) is 0 Å². The fourth-order valence-corrected chi connectivity index (χ4v) is 5.25. The number of amidine groups is 1. The number of likely N-dealkylation sites (tertiary alicyclic amines) is 1. The summed E-state index contributed by atoms with van der Waals surface area (Å²) in [6, 6.07) is 13.4. The molecule has 0 radical (unpaired) electrons. The normalized spacial score (nSPS) is 15.2. The van der Waals surface area contributed by atoms with Gasteiger partial charge >= 0.3 is 0 Å². The topological polar surface area (TPSA) is 101 Å². The van der Waals surface area contributed by atoms with Crippen LogP contribution in [0, 0.1) is 0 Å². The lowest BCUT2D eigenvalue weighted by Gasteiger charge is -2.11. The molecule has 166 valence electrons. The number of nitrogens with zero attached hydrogens (tertiary/aromatic N) is 3. The van der Waals surface area contributed by atoms with Crippen LogP contribution in [-0.2, 0) is 10.0 Å². The Morgan fingerprint density at radius 2 is 1.94 bits per heavy atom. The fraction of sp³-hybridized carbons (Fsp3) is 0.227. The molecule has 10 heteroatoms. The van der Waals surface area contributed by atoms with Gasteiger partial charge in [0.25, 0.3) is 15.9 Å². The van der Waals surface area contributed by atoms with E-state index in [1.54, 1.807) is 12.5 Å². The maximum absolute atomic E-state index is 12.6. The Labute approximate surface area is 190 Å². The third-order valence-electron chi connectivity index (χ3n) is 5.04. The molecule has 0 atom stereocenters. The average molecular weight is 471 g/mol. The SMILES string of the molecule is COc1ccccc1-c1nc(C(=O)Nc2ccc(S(=O)(=O)/N=C3/CCCN3C)cc2)cs1. The average Bonchev–Trinajstić information content (AvgIpc) is 3.43. The van der Waals surface area contributed by atoms with Gasteiger partial charge in [0.1, 0.15) is 22.3 Å². The molecule has 1 N–H and O–H groups in total. The van der Waals surface area contributed by atoms with E-state index in [-0.39, 0.29) is 16.5 Å². The van der Waals surface area contributed by atoms with Crippen LogP contribution in [0.2, 0.25) is 0 Å². The first-order chi connectivity index (χ1) is 15.4. The molecule has 0 bridgehead atoms. The van der Waals surface area contributed by atoms with E-state index in [2.05, 4.69) is 14.7 Å². The van der Waals surface area contributed by atoms with Crippen LogP contribution in [0.3, 0.4) is 0 Å². The van der Waals surface area contributed by atoms with Crippen molar-refractivity contribution in [2.75, 3.05) is 26.0 Å². The molecule has 4 rings (SSSR count). The Kier molecular flexibility index (Phi) is 6.24. The molecule has 0 unspecified atom stereocenters. The van der Waals surface area contributed by atoms with Gasteiger partial charge in [-0.05, 0) is 42.8 Å². The highest BCUT2D eigenvalue weighted by Gasteiger charge is 2.20. The van der Waals surface area contributed by atoms with E-state index in [1.807, 2.05) is 36.2 Å². The second-order valence-electron chi connectivity index (χ2n) is 7.22. The third kappa shape index (κ3) is 4.66. The Morgan fingerprint density at radius 3 is 2.62 bits per heavy atom. The number of ether oxygens (including phenoxy) is 1. The van der Waals surface area contributed by atoms with Gasteiger partial charge in [0.15, 0.2) is 0 Å². The quantitative estimate of drug-likeness (QED) is 0.587. The van der Waals surface area contributed by atoms with Crippen LogP contribution in [0.4, 0.5) is 5.69 Å². The van der Waals surface area contributed by atoms with Gasteiger partial charge in [-0.15, -0.1) is 15.7 Å². The summed E-state index contributed by atoms with van der Waals surface area (Å²) in [4.78, 5) is 19.0. The summed E-state index contributed by atoms with van der Waals surface area (Å²) in [6.45, 7) is 0.800. The predicted octanol–water partition coefficient (Wildman–Crippen LogP) is 3.88. The summed E-state index contributed by atoms with van der Waals surface area (Å²) in [5.41, 5.74) is 1.54. The first-order valence-electron chi connectivity index (χ1n) is 9.93. The molecular formula is C22H22N4O4S2. The van der Waals surface area contributed by atoms with Crippen molar-refractivity contribution >= 4 is 38.8 Å². The van der Waals surface area contributed by atoms with Crippen molar-refractivity contribution in [3.63, 3.8) is 0 Å². The molecule has 1 saturated heterocycles. The third-order valence-corrected chi connectivity index (χ3v) is 7.24. The van der Waals surface area contributed by atoms with Gasteiger partial charge in [-0.3, -0.25) is 4.79 Å². The molecule has 0 aliphatic carbocycles. The van der Waals surface area contributed by atoms with Crippen molar-refractivity contribution in [2.24, 2.45) is 4.40 Å². The number of hydrogen-bond donors (Lipinski definition) is 1. The number of benzene rings is 2. The predicted molar refractivity (Wildman–Crippen MR) is 125 cm³/mol. The largest absolute Gasteiger partial charge is 0.496 e. The number of sulfonamides is 1. The molecule has 1 aliphatic rings. The van der Waals surface area contributed by atoms with Gasteiger partial charge in [-0.25, -0.2) is 4.98 Å². The number of para-hydroxylation sites is 1. The first-order valence-corrected chi connectivity index (χ1v) is 12.2. The molecule has 1 amide bonds. The maximum Gasteiger partial charge on any atom is 0.283 e. The van der Waals surface area contributed by atoms with Gasteiger partial charge in [0, 0.05) is 31.1 Å². The highest BCUT2D eigenvalue weighted by Crippen LogP contribution is 2.32. The van der Waals surface area contributed by atoms with E-state index in [0.29, 0.717) is 28.7 Å². The number of carbonyl (C=O) groups excluding carboxylic acids is 1. The molecular weight excluding hydrogens is 448 g/mol. The monoisotopic (exact) mass is 470 g/mol. The lowest BCUT2D eigenvalue weighted by atomic mass is 10.2. The molecule has 2 heterocycles. The summed E-state index contributed by atoms with van der Waals surface area (Å²) in [6.07, 6.45) is 1.54. The number of anilines is 1. The molecule has 0 spiro atoms. The standard InChI is InChI=1S/C22H22N4O4S2/c1-26-13-5-8-20(26)25-32(28,29)16-11-9-15(10-12-16)23-21(27)18-14-31-22(24-18)17-6-3-4-7-19(17)30-2/h3-4,6-7,9-12,14H,5,8,13H2,1-2H3,(H,23,27)/b25-20-. The molecule has 2 aromatic carbocycles. The summed E-state index contributed by atoms with van der Waals surface area (Å²) >= 11 is 1.34. The van der Waals surface area contributed by atoms with E-state index in [9.17, 15) is 13.2 Å². The summed E-state index contributed by atoms with van der Waals surface area (Å²) < 4.78 is 34.4. The highest BCUT2D eigenvalue weighted by atomic mass is 32.2. The van der Waals surface area contributed by atoms with E-state index < -0.39 is 10.0 Å². The molecule has 1 aliphatic heterocycles. The molecule has 3 aromatic rings. The van der Waals surface area contributed by atoms with E-state index in [4.69, 9.17) is 4.74 Å². The number of carbonyl (C=O) groups is 1. The lowest BCUT2D eigenvalue weighted by molar-refractivity contribution is 0.102. The van der Waals surface area contributed by atoms with E-state index >= 15 is 0 Å². The lowest BCUT2D eigenvalue weighted by Crippen LogP contribution is -2.20. The number of methoxy groups -OCH3 is 1. The Balaban J connectivity index is 1.47. The zero-order valence-electron chi connectivity index (χ0n) is 17.6. The van der Waals surface area contributed by atoms with Crippen LogP contribution < -0.4 is 10.1 Å². The van der Waals surface area contributed by atoms with Crippen molar-refractivity contribution in [3.8, 4) is 16.3 Å². The van der Waals surface area contributed by atoms with Crippen LogP contribution in [0.15, 0.2) is 63.2 Å². The van der Waals surface area contributed by atoms with Crippen LogP contribution in [-0.4, -0.2) is 50.7 Å². The summed E-state index contributed by atoms with van der Waals surface area (Å²) in [5, 5.41) is 5.09. The highest BCUT2D eigenvalue weighted by molar-refractivity contribution is 7.90. The smallest absolute Gasteiger partial charge is 0.283 e. The van der Waals surface area contributed by atoms with Crippen molar-refractivity contribution in [1.29, 1.82) is 0 Å². The summed E-state index contributed by atoms with van der Waals surface area (Å²) in [7, 11) is -0.381. The van der Waals surface area contributed by atoms with Gasteiger partial charge in [0.05, 0.1) is 17.6 Å². The van der Waals surface area contributed by atoms with Crippen LogP contribution >= 0.6 is 11.3 Å². The number of aromatic nitrogens is 1. The molecule has 1 aromatic heterocycles. The van der Waals surface area contributed by atoms with Gasteiger partial charge < -0.3 is 15.0 Å². The Morgan fingerprint density at radius 1 is 1.19 bits per heavy atom. The van der Waals surface area contributed by atoms with Crippen molar-refractivity contribution < 1.29 is 17.9 Å². The van der Waals surface area contributed by atoms with Crippen LogP contribution in [0.5, 0.6) is 5.75 Å². The molecule has 8 nitrogen and oxygen atoms in total. The van der Waals surface area contributed by atoms with E-state index in [0.717, 1.165) is 18.5 Å². The minimum Gasteiger partial charge on any atom is -0.496 e. The van der Waals surface area contributed by atoms with E-state index in [1.165, 1.54) is 35.6 Å². The fourth-order valence-electron chi connectivity index (χ4n) is 3.33. The van der Waals surface area contributed by atoms with Gasteiger partial charge in [-0.1, -0.05) is 12.1 Å². The number of hydrogen-bond acceptors (Lipinski definition) is 6. The van der Waals surface area contributed by atoms with Crippen LogP contribution in [0.25, 0.3) is 10.6 Å².